The molecular weight excluding hydrogens is 236 g/mol. The highest BCUT2D eigenvalue weighted by Crippen LogP contribution is 2.28. The second kappa shape index (κ2) is 4.44. The lowest BCUT2D eigenvalue weighted by Crippen LogP contribution is -2.20. The molecule has 1 aliphatic rings. The second-order valence-electron chi connectivity index (χ2n) is 3.89. The van der Waals surface area contributed by atoms with Gasteiger partial charge in [-0.15, -0.1) is 0 Å². The van der Waals surface area contributed by atoms with Crippen LogP contribution in [0.1, 0.15) is 27.6 Å². The van der Waals surface area contributed by atoms with Crippen LogP contribution in [-0.4, -0.2) is 29.1 Å². The van der Waals surface area contributed by atoms with E-state index in [9.17, 15) is 19.5 Å². The molecule has 0 atom stereocenters. The molecule has 18 heavy (non-hydrogen) atoms. The van der Waals surface area contributed by atoms with Gasteiger partial charge in [0.1, 0.15) is 12.4 Å². The molecule has 0 aliphatic heterocycles. The van der Waals surface area contributed by atoms with E-state index in [-0.39, 0.29) is 35.0 Å². The SMILES string of the molecule is CC(=O)COC1=CC(=O)c2c(O)cccc2C1=O. The number of hydrogen-bond donors (Lipinski definition) is 1. The second-order valence-corrected chi connectivity index (χ2v) is 3.89. The number of fused-ring (bicyclic) bond motifs is 1. The predicted octanol–water partition coefficient (Wildman–Crippen LogP) is 1.26. The molecule has 0 saturated heterocycles. The van der Waals surface area contributed by atoms with E-state index in [4.69, 9.17) is 4.74 Å². The lowest BCUT2D eigenvalue weighted by Gasteiger charge is -2.15. The minimum Gasteiger partial charge on any atom is -0.507 e. The molecule has 2 rings (SSSR count). The zero-order valence-electron chi connectivity index (χ0n) is 9.60. The molecule has 5 nitrogen and oxygen atoms in total. The molecule has 0 saturated carbocycles. The standard InChI is InChI=1S/C13H10O5/c1-7(14)6-18-11-5-10(16)12-8(13(11)17)3-2-4-9(12)15/h2-5,15H,6H2,1H3. The summed E-state index contributed by atoms with van der Waals surface area (Å²) in [7, 11) is 0. The van der Waals surface area contributed by atoms with E-state index in [0.29, 0.717) is 0 Å². The monoisotopic (exact) mass is 246 g/mol. The Labute approximate surface area is 103 Å². The van der Waals surface area contributed by atoms with Crippen LogP contribution in [0.2, 0.25) is 0 Å². The first kappa shape index (κ1) is 12.0. The Morgan fingerprint density at radius 3 is 2.72 bits per heavy atom. The third kappa shape index (κ3) is 2.02. The lowest BCUT2D eigenvalue weighted by atomic mass is 9.93. The summed E-state index contributed by atoms with van der Waals surface area (Å²) in [5.41, 5.74) is 0.0544. The van der Waals surface area contributed by atoms with Crippen molar-refractivity contribution >= 4 is 17.3 Å². The summed E-state index contributed by atoms with van der Waals surface area (Å²) in [4.78, 5) is 34.5. The third-order valence-electron chi connectivity index (χ3n) is 2.45. The largest absolute Gasteiger partial charge is 0.507 e. The normalized spacial score (nSPS) is 13.9. The van der Waals surface area contributed by atoms with Crippen LogP contribution in [0, 0.1) is 0 Å². The Kier molecular flexibility index (Phi) is 2.97. The molecule has 1 aliphatic carbocycles. The molecule has 0 amide bonds. The predicted molar refractivity (Wildman–Crippen MR) is 61.5 cm³/mol. The molecule has 1 aromatic carbocycles. The molecule has 1 N–H and O–H groups in total. The third-order valence-corrected chi connectivity index (χ3v) is 2.45. The Bertz CT molecular complexity index is 583. The van der Waals surface area contributed by atoms with Crippen molar-refractivity contribution in [3.8, 4) is 5.75 Å². The summed E-state index contributed by atoms with van der Waals surface area (Å²) in [5.74, 6) is -1.69. The number of carbonyl (C=O) groups is 3. The zero-order valence-corrected chi connectivity index (χ0v) is 9.60. The van der Waals surface area contributed by atoms with Crippen molar-refractivity contribution in [1.82, 2.24) is 0 Å². The van der Waals surface area contributed by atoms with Gasteiger partial charge in [-0.05, 0) is 19.1 Å². The average molecular weight is 246 g/mol. The highest BCUT2D eigenvalue weighted by atomic mass is 16.5. The smallest absolute Gasteiger partial charge is 0.228 e. The van der Waals surface area contributed by atoms with Gasteiger partial charge in [0, 0.05) is 11.6 Å². The average Bonchev–Trinajstić information content (AvgIpc) is 2.31. The van der Waals surface area contributed by atoms with Gasteiger partial charge in [0.25, 0.3) is 0 Å². The first-order valence-corrected chi connectivity index (χ1v) is 5.25. The van der Waals surface area contributed by atoms with Gasteiger partial charge in [-0.2, -0.15) is 0 Å². The van der Waals surface area contributed by atoms with E-state index in [1.54, 1.807) is 0 Å². The van der Waals surface area contributed by atoms with Gasteiger partial charge in [-0.3, -0.25) is 14.4 Å². The molecule has 0 heterocycles. The maximum absolute atomic E-state index is 12.0. The molecule has 0 bridgehead atoms. The van der Waals surface area contributed by atoms with Gasteiger partial charge < -0.3 is 9.84 Å². The summed E-state index contributed by atoms with van der Waals surface area (Å²) in [6.07, 6.45) is 0.993. The van der Waals surface area contributed by atoms with Crippen LogP contribution in [0.25, 0.3) is 0 Å². The van der Waals surface area contributed by atoms with E-state index in [1.165, 1.54) is 25.1 Å². The van der Waals surface area contributed by atoms with Gasteiger partial charge in [-0.1, -0.05) is 6.07 Å². The number of Topliss-reactive ketones (excluding diaryl/α,β-unsaturated/α-hetero) is 2. The van der Waals surface area contributed by atoms with Crippen molar-refractivity contribution in [1.29, 1.82) is 0 Å². The molecule has 92 valence electrons. The first-order valence-electron chi connectivity index (χ1n) is 5.25. The van der Waals surface area contributed by atoms with Crippen molar-refractivity contribution in [2.45, 2.75) is 6.92 Å². The number of ether oxygens (including phenoxy) is 1. The van der Waals surface area contributed by atoms with Crippen molar-refractivity contribution in [3.05, 3.63) is 41.2 Å². The Balaban J connectivity index is 2.38. The Morgan fingerprint density at radius 1 is 1.33 bits per heavy atom. The summed E-state index contributed by atoms with van der Waals surface area (Å²) >= 11 is 0. The fourth-order valence-corrected chi connectivity index (χ4v) is 1.66. The summed E-state index contributed by atoms with van der Waals surface area (Å²) in [6.45, 7) is 1.05. The molecule has 0 spiro atoms. The van der Waals surface area contributed by atoms with Gasteiger partial charge in [0.15, 0.2) is 17.3 Å². The van der Waals surface area contributed by atoms with E-state index < -0.39 is 11.6 Å². The van der Waals surface area contributed by atoms with Gasteiger partial charge in [0.2, 0.25) is 5.78 Å². The van der Waals surface area contributed by atoms with Crippen molar-refractivity contribution in [3.63, 3.8) is 0 Å². The number of phenolic OH excluding ortho intramolecular Hbond substituents is 1. The number of hydrogen-bond acceptors (Lipinski definition) is 5. The molecule has 0 fully saturated rings. The molecule has 1 aromatic rings. The number of ketones is 3. The molecule has 0 unspecified atom stereocenters. The molecule has 0 radical (unpaired) electrons. The quantitative estimate of drug-likeness (QED) is 0.868. The number of rotatable bonds is 3. The van der Waals surface area contributed by atoms with Crippen molar-refractivity contribution < 1.29 is 24.2 Å². The van der Waals surface area contributed by atoms with Crippen LogP contribution in [-0.2, 0) is 9.53 Å². The van der Waals surface area contributed by atoms with Crippen molar-refractivity contribution in [2.75, 3.05) is 6.61 Å². The molecule has 0 aromatic heterocycles. The van der Waals surface area contributed by atoms with E-state index in [2.05, 4.69) is 0 Å². The first-order chi connectivity index (χ1) is 8.50. The summed E-state index contributed by atoms with van der Waals surface area (Å²) in [5, 5.41) is 9.55. The molecule has 5 heteroatoms. The van der Waals surface area contributed by atoms with E-state index in [1.807, 2.05) is 0 Å². The van der Waals surface area contributed by atoms with Crippen LogP contribution in [0.15, 0.2) is 30.0 Å². The van der Waals surface area contributed by atoms with Gasteiger partial charge in [-0.25, -0.2) is 0 Å². The van der Waals surface area contributed by atoms with Crippen LogP contribution in [0.5, 0.6) is 5.75 Å². The minimum atomic E-state index is -0.513. The minimum absolute atomic E-state index is 0.0299. The Hall–Kier alpha value is -2.43. The number of allylic oxidation sites excluding steroid dienone is 2. The maximum atomic E-state index is 12.0. The highest BCUT2D eigenvalue weighted by Gasteiger charge is 2.29. The fourth-order valence-electron chi connectivity index (χ4n) is 1.66. The van der Waals surface area contributed by atoms with Crippen LogP contribution < -0.4 is 0 Å². The Morgan fingerprint density at radius 2 is 2.06 bits per heavy atom. The fraction of sp³-hybridized carbons (Fsp3) is 0.154. The topological polar surface area (TPSA) is 80.7 Å². The van der Waals surface area contributed by atoms with Crippen LogP contribution >= 0.6 is 0 Å². The van der Waals surface area contributed by atoms with Crippen LogP contribution in [0.3, 0.4) is 0 Å². The van der Waals surface area contributed by atoms with E-state index in [0.717, 1.165) is 6.08 Å². The number of carbonyl (C=O) groups excluding carboxylic acids is 3. The van der Waals surface area contributed by atoms with Gasteiger partial charge in [0.05, 0.1) is 5.56 Å². The number of benzene rings is 1. The van der Waals surface area contributed by atoms with Gasteiger partial charge >= 0.3 is 0 Å². The van der Waals surface area contributed by atoms with E-state index >= 15 is 0 Å². The number of phenols is 1. The summed E-state index contributed by atoms with van der Waals surface area (Å²) in [6, 6.07) is 4.23. The van der Waals surface area contributed by atoms with Crippen molar-refractivity contribution in [2.24, 2.45) is 0 Å². The molecular formula is C13H10O5. The highest BCUT2D eigenvalue weighted by molar-refractivity contribution is 6.24. The maximum Gasteiger partial charge on any atom is 0.228 e. The number of aromatic hydroxyl groups is 1. The van der Waals surface area contributed by atoms with Crippen LogP contribution in [0.4, 0.5) is 0 Å². The lowest BCUT2D eigenvalue weighted by molar-refractivity contribution is -0.120. The summed E-state index contributed by atoms with van der Waals surface area (Å²) < 4.78 is 4.98. The zero-order chi connectivity index (χ0) is 13.3.